The second-order valence-corrected chi connectivity index (χ2v) is 7.29. The third-order valence-corrected chi connectivity index (χ3v) is 5.63. The summed E-state index contributed by atoms with van der Waals surface area (Å²) in [6, 6.07) is 0. The molecule has 0 N–H and O–H groups in total. The molecule has 0 bridgehead atoms. The van der Waals surface area contributed by atoms with Crippen molar-refractivity contribution in [3.63, 3.8) is 0 Å². The van der Waals surface area contributed by atoms with Gasteiger partial charge in [0.15, 0.2) is 9.84 Å². The molecule has 0 aliphatic carbocycles. The highest BCUT2D eigenvalue weighted by Crippen LogP contribution is 2.15. The number of methoxy groups -OCH3 is 1. The molecule has 2 unspecified atom stereocenters. The van der Waals surface area contributed by atoms with Gasteiger partial charge in [0, 0.05) is 13.1 Å². The van der Waals surface area contributed by atoms with Crippen LogP contribution in [0.25, 0.3) is 0 Å². The van der Waals surface area contributed by atoms with Gasteiger partial charge in [-0.05, 0) is 19.8 Å². The number of ether oxygens (including phenoxy) is 1. The molecule has 0 aromatic rings. The highest BCUT2D eigenvalue weighted by Gasteiger charge is 2.35. The average Bonchev–Trinajstić information content (AvgIpc) is 2.89. The first kappa shape index (κ1) is 15.9. The van der Waals surface area contributed by atoms with Gasteiger partial charge in [0.25, 0.3) is 0 Å². The Morgan fingerprint density at radius 2 is 1.74 bits per heavy atom. The number of carbonyl (C=O) groups excluding carboxylic acids is 2. The summed E-state index contributed by atoms with van der Waals surface area (Å²) < 4.78 is 28.7. The molecule has 1 amide bonds. The molecule has 7 heteroatoms. The van der Waals surface area contributed by atoms with Gasteiger partial charge in [-0.25, -0.2) is 8.42 Å². The molecule has 0 radical (unpaired) electrons. The van der Waals surface area contributed by atoms with E-state index in [9.17, 15) is 18.0 Å². The van der Waals surface area contributed by atoms with E-state index < -0.39 is 27.0 Å². The van der Waals surface area contributed by atoms with Crippen LogP contribution in [-0.4, -0.2) is 56.4 Å². The standard InChI is InChI=1S/C12H21NO5S/c1-9(12(15)18-3)8-19(16,17)10(2)11(14)13-6-4-5-7-13/h9-10H,4-8H2,1-3H3. The second-order valence-electron chi connectivity index (χ2n) is 4.93. The molecule has 0 aromatic heterocycles. The summed E-state index contributed by atoms with van der Waals surface area (Å²) in [6.07, 6.45) is 1.83. The van der Waals surface area contributed by atoms with Crippen LogP contribution in [-0.2, 0) is 24.2 Å². The van der Waals surface area contributed by atoms with Crippen LogP contribution in [0.15, 0.2) is 0 Å². The molecular weight excluding hydrogens is 270 g/mol. The Morgan fingerprint density at radius 3 is 2.21 bits per heavy atom. The Balaban J connectivity index is 2.70. The molecule has 2 atom stereocenters. The molecule has 1 rings (SSSR count). The van der Waals surface area contributed by atoms with Gasteiger partial charge in [-0.3, -0.25) is 9.59 Å². The van der Waals surface area contributed by atoms with Crippen molar-refractivity contribution in [2.45, 2.75) is 31.9 Å². The maximum atomic E-state index is 12.1. The fourth-order valence-corrected chi connectivity index (χ4v) is 3.69. The van der Waals surface area contributed by atoms with Gasteiger partial charge in [0.2, 0.25) is 5.91 Å². The molecule has 1 fully saturated rings. The molecule has 0 aromatic carbocycles. The zero-order valence-corrected chi connectivity index (χ0v) is 12.4. The van der Waals surface area contributed by atoms with Crippen LogP contribution in [0.1, 0.15) is 26.7 Å². The number of sulfone groups is 1. The number of hydrogen-bond donors (Lipinski definition) is 0. The Hall–Kier alpha value is -1.11. The van der Waals surface area contributed by atoms with E-state index in [0.29, 0.717) is 13.1 Å². The van der Waals surface area contributed by atoms with Gasteiger partial charge < -0.3 is 9.64 Å². The summed E-state index contributed by atoms with van der Waals surface area (Å²) in [7, 11) is -2.43. The molecule has 1 aliphatic rings. The monoisotopic (exact) mass is 291 g/mol. The highest BCUT2D eigenvalue weighted by atomic mass is 32.2. The van der Waals surface area contributed by atoms with Gasteiger partial charge in [0.05, 0.1) is 18.8 Å². The lowest BCUT2D eigenvalue weighted by Crippen LogP contribution is -2.42. The third-order valence-electron chi connectivity index (χ3n) is 3.39. The van der Waals surface area contributed by atoms with Crippen molar-refractivity contribution in [3.05, 3.63) is 0 Å². The van der Waals surface area contributed by atoms with Crippen molar-refractivity contribution in [1.29, 1.82) is 0 Å². The van der Waals surface area contributed by atoms with Gasteiger partial charge in [-0.1, -0.05) is 6.92 Å². The van der Waals surface area contributed by atoms with E-state index in [-0.39, 0.29) is 11.7 Å². The molecular formula is C12H21NO5S. The lowest BCUT2D eigenvalue weighted by molar-refractivity contribution is -0.144. The number of nitrogens with zero attached hydrogens (tertiary/aromatic N) is 1. The smallest absolute Gasteiger partial charge is 0.309 e. The van der Waals surface area contributed by atoms with E-state index in [4.69, 9.17) is 0 Å². The lowest BCUT2D eigenvalue weighted by Gasteiger charge is -2.21. The normalized spacial score (nSPS) is 19.0. The van der Waals surface area contributed by atoms with E-state index in [1.165, 1.54) is 21.0 Å². The summed E-state index contributed by atoms with van der Waals surface area (Å²) in [5.74, 6) is -2.07. The Morgan fingerprint density at radius 1 is 1.21 bits per heavy atom. The number of esters is 1. The van der Waals surface area contributed by atoms with Crippen molar-refractivity contribution in [2.75, 3.05) is 26.0 Å². The quantitative estimate of drug-likeness (QED) is 0.677. The minimum absolute atomic E-state index is 0.361. The Labute approximate surface area is 114 Å². The first-order valence-electron chi connectivity index (χ1n) is 6.37. The highest BCUT2D eigenvalue weighted by molar-refractivity contribution is 7.92. The molecule has 6 nitrogen and oxygen atoms in total. The van der Waals surface area contributed by atoms with Crippen LogP contribution in [0.5, 0.6) is 0 Å². The van der Waals surface area contributed by atoms with Crippen molar-refractivity contribution < 1.29 is 22.7 Å². The predicted molar refractivity (Wildman–Crippen MR) is 70.2 cm³/mol. The zero-order valence-electron chi connectivity index (χ0n) is 11.6. The Bertz CT molecular complexity index is 439. The largest absolute Gasteiger partial charge is 0.469 e. The van der Waals surface area contributed by atoms with Crippen molar-refractivity contribution in [2.24, 2.45) is 5.92 Å². The number of carbonyl (C=O) groups is 2. The molecule has 0 saturated carbocycles. The van der Waals surface area contributed by atoms with Gasteiger partial charge in [-0.2, -0.15) is 0 Å². The number of likely N-dealkylation sites (tertiary alicyclic amines) is 1. The van der Waals surface area contributed by atoms with Crippen LogP contribution >= 0.6 is 0 Å². The van der Waals surface area contributed by atoms with Gasteiger partial charge in [0.1, 0.15) is 5.25 Å². The average molecular weight is 291 g/mol. The van der Waals surface area contributed by atoms with Gasteiger partial charge in [-0.15, -0.1) is 0 Å². The summed E-state index contributed by atoms with van der Waals surface area (Å²) in [5, 5.41) is -1.10. The number of amides is 1. The third kappa shape index (κ3) is 3.92. The van der Waals surface area contributed by atoms with Crippen LogP contribution in [0.4, 0.5) is 0 Å². The van der Waals surface area contributed by atoms with E-state index in [1.807, 2.05) is 0 Å². The van der Waals surface area contributed by atoms with Crippen LogP contribution < -0.4 is 0 Å². The van der Waals surface area contributed by atoms with Crippen molar-refractivity contribution in [1.82, 2.24) is 4.90 Å². The maximum Gasteiger partial charge on any atom is 0.309 e. The SMILES string of the molecule is COC(=O)C(C)CS(=O)(=O)C(C)C(=O)N1CCCC1. The van der Waals surface area contributed by atoms with E-state index in [1.54, 1.807) is 4.90 Å². The molecule has 19 heavy (non-hydrogen) atoms. The summed E-state index contributed by atoms with van der Waals surface area (Å²) in [4.78, 5) is 24.9. The topological polar surface area (TPSA) is 80.8 Å². The van der Waals surface area contributed by atoms with Crippen molar-refractivity contribution in [3.8, 4) is 0 Å². The second kappa shape index (κ2) is 6.36. The maximum absolute atomic E-state index is 12.1. The fourth-order valence-electron chi connectivity index (χ4n) is 2.11. The first-order valence-corrected chi connectivity index (χ1v) is 8.09. The predicted octanol–water partition coefficient (Wildman–Crippen LogP) is 0.221. The number of rotatable bonds is 5. The van der Waals surface area contributed by atoms with Crippen molar-refractivity contribution >= 4 is 21.7 Å². The van der Waals surface area contributed by atoms with Crippen LogP contribution in [0.3, 0.4) is 0 Å². The Kier molecular flexibility index (Phi) is 5.34. The van der Waals surface area contributed by atoms with E-state index >= 15 is 0 Å². The zero-order chi connectivity index (χ0) is 14.6. The molecule has 1 heterocycles. The van der Waals surface area contributed by atoms with E-state index in [0.717, 1.165) is 12.8 Å². The minimum atomic E-state index is -3.64. The lowest BCUT2D eigenvalue weighted by atomic mass is 10.2. The first-order chi connectivity index (χ1) is 8.79. The molecule has 110 valence electrons. The fraction of sp³-hybridized carbons (Fsp3) is 0.833. The molecule has 0 spiro atoms. The van der Waals surface area contributed by atoms with Crippen LogP contribution in [0, 0.1) is 5.92 Å². The van der Waals surface area contributed by atoms with Gasteiger partial charge >= 0.3 is 5.97 Å². The summed E-state index contributed by atoms with van der Waals surface area (Å²) in [6.45, 7) is 4.10. The van der Waals surface area contributed by atoms with Crippen LogP contribution in [0.2, 0.25) is 0 Å². The summed E-state index contributed by atoms with van der Waals surface area (Å²) in [5.41, 5.74) is 0. The number of hydrogen-bond acceptors (Lipinski definition) is 5. The molecule has 1 aliphatic heterocycles. The summed E-state index contributed by atoms with van der Waals surface area (Å²) >= 11 is 0. The van der Waals surface area contributed by atoms with E-state index in [2.05, 4.69) is 4.74 Å². The minimum Gasteiger partial charge on any atom is -0.469 e. The molecule has 1 saturated heterocycles.